The summed E-state index contributed by atoms with van der Waals surface area (Å²) in [6.07, 6.45) is 0. The molecule has 0 fully saturated rings. The molecule has 0 saturated heterocycles. The molecule has 180 valence electrons. The van der Waals surface area contributed by atoms with Crippen molar-refractivity contribution in [3.8, 4) is 28.6 Å². The fraction of sp³-hybridized carbons (Fsp3) is 0.160. The average Bonchev–Trinajstić information content (AvgIpc) is 3.28. The van der Waals surface area contributed by atoms with Crippen LogP contribution in [0.5, 0.6) is 11.5 Å². The van der Waals surface area contributed by atoms with Crippen LogP contribution in [-0.4, -0.2) is 40.1 Å². The zero-order valence-electron chi connectivity index (χ0n) is 19.0. The van der Waals surface area contributed by atoms with E-state index in [0.29, 0.717) is 39.1 Å². The topological polar surface area (TPSA) is 78.3 Å². The highest BCUT2D eigenvalue weighted by molar-refractivity contribution is 7.99. The van der Waals surface area contributed by atoms with Gasteiger partial charge in [0.1, 0.15) is 11.5 Å². The Kier molecular flexibility index (Phi) is 8.17. The van der Waals surface area contributed by atoms with Crippen molar-refractivity contribution in [1.29, 1.82) is 0 Å². The number of aromatic nitrogens is 3. The Hall–Kier alpha value is -3.20. The molecule has 4 rings (SSSR count). The van der Waals surface area contributed by atoms with Gasteiger partial charge < -0.3 is 14.8 Å². The second-order valence-corrected chi connectivity index (χ2v) is 9.05. The maximum absolute atomic E-state index is 12.6. The second kappa shape index (κ2) is 11.5. The van der Waals surface area contributed by atoms with Crippen LogP contribution >= 0.6 is 35.0 Å². The summed E-state index contributed by atoms with van der Waals surface area (Å²) in [6, 6.07) is 20.1. The molecule has 0 atom stereocenters. The fourth-order valence-corrected chi connectivity index (χ4v) is 4.54. The third-order valence-electron chi connectivity index (χ3n) is 4.89. The van der Waals surface area contributed by atoms with Gasteiger partial charge in [-0.25, -0.2) is 0 Å². The molecule has 0 aliphatic carbocycles. The van der Waals surface area contributed by atoms with Crippen LogP contribution in [0, 0.1) is 0 Å². The first-order chi connectivity index (χ1) is 17.0. The molecular formula is C25H22Cl2N4O3S. The number of anilines is 1. The smallest absolute Gasteiger partial charge is 0.234 e. The molecule has 0 bridgehead atoms. The summed E-state index contributed by atoms with van der Waals surface area (Å²) in [5.74, 6) is 1.83. The monoisotopic (exact) mass is 528 g/mol. The second-order valence-electron chi connectivity index (χ2n) is 7.27. The summed E-state index contributed by atoms with van der Waals surface area (Å²) in [7, 11) is 1.54. The quantitative estimate of drug-likeness (QED) is 0.254. The van der Waals surface area contributed by atoms with Crippen LogP contribution in [-0.2, 0) is 4.79 Å². The molecule has 0 spiro atoms. The number of hydrogen-bond donors (Lipinski definition) is 1. The minimum absolute atomic E-state index is 0.119. The molecule has 0 saturated carbocycles. The summed E-state index contributed by atoms with van der Waals surface area (Å²) in [5.41, 5.74) is 2.22. The van der Waals surface area contributed by atoms with Crippen molar-refractivity contribution in [3.63, 3.8) is 0 Å². The standard InChI is InChI=1S/C25H22Cl2N4O3S/c1-3-34-20-10-8-19(9-11-20)31-24(16-5-4-6-17(26)13-16)29-30-25(31)35-15-23(32)28-18-7-12-22(33-2)21(27)14-18/h4-14H,3,15H2,1-2H3,(H,28,32). The highest BCUT2D eigenvalue weighted by Crippen LogP contribution is 2.31. The molecule has 1 heterocycles. The predicted molar refractivity (Wildman–Crippen MR) is 140 cm³/mol. The van der Waals surface area contributed by atoms with Crippen molar-refractivity contribution in [2.75, 3.05) is 24.8 Å². The van der Waals surface area contributed by atoms with E-state index < -0.39 is 0 Å². The van der Waals surface area contributed by atoms with Gasteiger partial charge in [0, 0.05) is 22.0 Å². The Morgan fingerprint density at radius 3 is 2.54 bits per heavy atom. The highest BCUT2D eigenvalue weighted by Gasteiger charge is 2.18. The van der Waals surface area contributed by atoms with E-state index in [2.05, 4.69) is 15.5 Å². The number of amides is 1. The van der Waals surface area contributed by atoms with Crippen molar-refractivity contribution in [2.45, 2.75) is 12.1 Å². The van der Waals surface area contributed by atoms with Crippen molar-refractivity contribution in [1.82, 2.24) is 14.8 Å². The van der Waals surface area contributed by atoms with Gasteiger partial charge in [-0.15, -0.1) is 10.2 Å². The molecule has 1 N–H and O–H groups in total. The zero-order valence-corrected chi connectivity index (χ0v) is 21.3. The number of nitrogens with zero attached hydrogens (tertiary/aromatic N) is 3. The summed E-state index contributed by atoms with van der Waals surface area (Å²) in [5, 5.41) is 13.2. The molecule has 7 nitrogen and oxygen atoms in total. The van der Waals surface area contributed by atoms with Gasteiger partial charge in [0.2, 0.25) is 5.91 Å². The van der Waals surface area contributed by atoms with Crippen LogP contribution < -0.4 is 14.8 Å². The predicted octanol–water partition coefficient (Wildman–Crippen LogP) is 6.38. The first kappa shape index (κ1) is 24.9. The number of nitrogens with one attached hydrogen (secondary N) is 1. The molecule has 4 aromatic rings. The highest BCUT2D eigenvalue weighted by atomic mass is 35.5. The van der Waals surface area contributed by atoms with Crippen molar-refractivity contribution < 1.29 is 14.3 Å². The van der Waals surface area contributed by atoms with Gasteiger partial charge in [-0.1, -0.05) is 47.1 Å². The van der Waals surface area contributed by atoms with E-state index in [4.69, 9.17) is 32.7 Å². The lowest BCUT2D eigenvalue weighted by Gasteiger charge is -2.12. The minimum atomic E-state index is -0.207. The maximum atomic E-state index is 12.6. The first-order valence-electron chi connectivity index (χ1n) is 10.7. The van der Waals surface area contributed by atoms with Gasteiger partial charge in [-0.2, -0.15) is 0 Å². The van der Waals surface area contributed by atoms with E-state index >= 15 is 0 Å². The molecule has 3 aromatic carbocycles. The van der Waals surface area contributed by atoms with E-state index in [1.807, 2.05) is 54.0 Å². The Balaban J connectivity index is 1.58. The van der Waals surface area contributed by atoms with Gasteiger partial charge in [0.25, 0.3) is 0 Å². The summed E-state index contributed by atoms with van der Waals surface area (Å²) >= 11 is 13.6. The van der Waals surface area contributed by atoms with E-state index in [1.165, 1.54) is 18.9 Å². The largest absolute Gasteiger partial charge is 0.495 e. The van der Waals surface area contributed by atoms with Crippen LogP contribution in [0.15, 0.2) is 71.9 Å². The number of thioether (sulfide) groups is 1. The number of rotatable bonds is 9. The van der Waals surface area contributed by atoms with Crippen LogP contribution in [0.2, 0.25) is 10.0 Å². The van der Waals surface area contributed by atoms with Crippen molar-refractivity contribution >= 4 is 46.6 Å². The molecule has 10 heteroatoms. The summed E-state index contributed by atoms with van der Waals surface area (Å²) in [4.78, 5) is 12.6. The van der Waals surface area contributed by atoms with Crippen molar-refractivity contribution in [2.24, 2.45) is 0 Å². The lowest BCUT2D eigenvalue weighted by atomic mass is 10.2. The van der Waals surface area contributed by atoms with Crippen LogP contribution in [0.1, 0.15) is 6.92 Å². The van der Waals surface area contributed by atoms with E-state index in [1.54, 1.807) is 24.3 Å². The average molecular weight is 529 g/mol. The summed E-state index contributed by atoms with van der Waals surface area (Å²) < 4.78 is 12.6. The number of methoxy groups -OCH3 is 1. The molecule has 0 unspecified atom stereocenters. The Morgan fingerprint density at radius 1 is 1.06 bits per heavy atom. The minimum Gasteiger partial charge on any atom is -0.495 e. The van der Waals surface area contributed by atoms with Gasteiger partial charge >= 0.3 is 0 Å². The zero-order chi connectivity index (χ0) is 24.8. The molecule has 1 aromatic heterocycles. The summed E-state index contributed by atoms with van der Waals surface area (Å²) in [6.45, 7) is 2.51. The van der Waals surface area contributed by atoms with Crippen molar-refractivity contribution in [3.05, 3.63) is 76.8 Å². The number of benzene rings is 3. The fourth-order valence-electron chi connectivity index (χ4n) is 3.34. The Labute approximate surface area is 217 Å². The Bertz CT molecular complexity index is 1330. The van der Waals surface area contributed by atoms with E-state index in [0.717, 1.165) is 17.0 Å². The molecule has 0 radical (unpaired) electrons. The van der Waals surface area contributed by atoms with Gasteiger partial charge in [0.05, 0.1) is 24.5 Å². The maximum Gasteiger partial charge on any atom is 0.234 e. The van der Waals surface area contributed by atoms with Crippen LogP contribution in [0.25, 0.3) is 17.1 Å². The molecule has 0 aliphatic heterocycles. The third-order valence-corrected chi connectivity index (χ3v) is 6.35. The molecular weight excluding hydrogens is 507 g/mol. The number of carbonyl (C=O) groups is 1. The van der Waals surface area contributed by atoms with E-state index in [9.17, 15) is 4.79 Å². The molecule has 0 aliphatic rings. The third kappa shape index (κ3) is 6.08. The lowest BCUT2D eigenvalue weighted by molar-refractivity contribution is -0.113. The molecule has 1 amide bonds. The van der Waals surface area contributed by atoms with Crippen LogP contribution in [0.3, 0.4) is 0 Å². The normalized spacial score (nSPS) is 10.7. The lowest BCUT2D eigenvalue weighted by Crippen LogP contribution is -2.14. The number of ether oxygens (including phenoxy) is 2. The SMILES string of the molecule is CCOc1ccc(-n2c(SCC(=O)Nc3ccc(OC)c(Cl)c3)nnc2-c2cccc(Cl)c2)cc1. The van der Waals surface area contributed by atoms with Gasteiger partial charge in [-0.05, 0) is 61.5 Å². The first-order valence-corrected chi connectivity index (χ1v) is 12.4. The van der Waals surface area contributed by atoms with E-state index in [-0.39, 0.29) is 11.7 Å². The van der Waals surface area contributed by atoms with Gasteiger partial charge in [0.15, 0.2) is 11.0 Å². The number of carbonyl (C=O) groups excluding carboxylic acids is 1. The molecule has 35 heavy (non-hydrogen) atoms. The number of hydrogen-bond acceptors (Lipinski definition) is 6. The van der Waals surface area contributed by atoms with Gasteiger partial charge in [-0.3, -0.25) is 9.36 Å². The van der Waals surface area contributed by atoms with Crippen LogP contribution in [0.4, 0.5) is 5.69 Å². The number of halogens is 2. The Morgan fingerprint density at radius 2 is 1.86 bits per heavy atom.